The number of ether oxygens (including phenoxy) is 1. The molecule has 0 unspecified atom stereocenters. The van der Waals surface area contributed by atoms with Crippen LogP contribution in [0.3, 0.4) is 0 Å². The topological polar surface area (TPSA) is 60.2 Å². The van der Waals surface area contributed by atoms with E-state index >= 15 is 0 Å². The van der Waals surface area contributed by atoms with Crippen LogP contribution in [-0.2, 0) is 5.41 Å². The standard InChI is InChI=1S/C50H35N3O2/c1-50(2,3)33-26-31(25-32(27-33)39-28-30(23-24-51-39)29-13-5-4-6-14-29)38-22-21-36-34-15-7-8-16-35(34)43-45(46(36)52-38)48(54)44-37-17-9-10-18-40(37)53-41-19-11-12-20-42(41)55-49(43)47(44)53/h4-28,54H,1-3H3. The highest BCUT2D eigenvalue weighted by atomic mass is 16.5. The van der Waals surface area contributed by atoms with Gasteiger partial charge >= 0.3 is 0 Å². The molecule has 262 valence electrons. The molecule has 55 heavy (non-hydrogen) atoms. The molecule has 5 nitrogen and oxygen atoms in total. The zero-order chi connectivity index (χ0) is 37.0. The average molecular weight is 710 g/mol. The Morgan fingerprint density at radius 3 is 2.09 bits per heavy atom. The van der Waals surface area contributed by atoms with Crippen LogP contribution in [0.5, 0.6) is 17.2 Å². The number of benzene rings is 7. The van der Waals surface area contributed by atoms with Crippen LogP contribution < -0.4 is 4.74 Å². The number of phenolic OH excluding ortho intramolecular Hbond substituents is 1. The summed E-state index contributed by atoms with van der Waals surface area (Å²) in [5, 5.41) is 19.0. The molecule has 3 aromatic heterocycles. The van der Waals surface area contributed by atoms with Crippen LogP contribution in [0.15, 0.2) is 152 Å². The molecular formula is C50H35N3O2. The molecule has 0 bridgehead atoms. The van der Waals surface area contributed by atoms with Gasteiger partial charge in [0.1, 0.15) is 11.3 Å². The molecule has 0 amide bonds. The van der Waals surface area contributed by atoms with Crippen molar-refractivity contribution in [1.82, 2.24) is 14.5 Å². The van der Waals surface area contributed by atoms with E-state index in [2.05, 4.69) is 135 Å². The quantitative estimate of drug-likeness (QED) is 0.186. The summed E-state index contributed by atoms with van der Waals surface area (Å²) >= 11 is 0. The Kier molecular flexibility index (Phi) is 6.60. The lowest BCUT2D eigenvalue weighted by molar-refractivity contribution is 0.475. The second-order valence-electron chi connectivity index (χ2n) is 15.6. The van der Waals surface area contributed by atoms with Crippen LogP contribution in [0, 0.1) is 0 Å². The summed E-state index contributed by atoms with van der Waals surface area (Å²) in [6, 6.07) is 50.4. The third-order valence-electron chi connectivity index (χ3n) is 11.2. The summed E-state index contributed by atoms with van der Waals surface area (Å²) < 4.78 is 9.15. The highest BCUT2D eigenvalue weighted by Crippen LogP contribution is 2.55. The van der Waals surface area contributed by atoms with Crippen molar-refractivity contribution < 1.29 is 9.84 Å². The van der Waals surface area contributed by atoms with Crippen LogP contribution in [0.25, 0.3) is 93.6 Å². The van der Waals surface area contributed by atoms with Crippen LogP contribution >= 0.6 is 0 Å². The molecule has 7 aromatic carbocycles. The van der Waals surface area contributed by atoms with Crippen molar-refractivity contribution >= 4 is 54.3 Å². The van der Waals surface area contributed by atoms with Crippen LogP contribution in [0.4, 0.5) is 0 Å². The van der Waals surface area contributed by atoms with Gasteiger partial charge in [-0.1, -0.05) is 106 Å². The SMILES string of the molecule is CC(C)(C)c1cc(-c2cc(-c3ccccc3)ccn2)cc(-c2ccc3c4ccccc4c4c5c6c(c(O)c4c3n2)c2ccccc2n6-c2ccccc2O5)c1. The lowest BCUT2D eigenvalue weighted by atomic mass is 9.84. The summed E-state index contributed by atoms with van der Waals surface area (Å²) in [6.07, 6.45) is 1.89. The van der Waals surface area contributed by atoms with Crippen molar-refractivity contribution in [3.8, 4) is 56.6 Å². The number of nitrogens with zero attached hydrogens (tertiary/aromatic N) is 3. The van der Waals surface area contributed by atoms with E-state index in [1.54, 1.807) is 0 Å². The number of fused-ring (bicyclic) bond motifs is 12. The van der Waals surface area contributed by atoms with E-state index in [0.29, 0.717) is 5.39 Å². The fourth-order valence-corrected chi connectivity index (χ4v) is 8.56. The number of para-hydroxylation sites is 3. The zero-order valence-electron chi connectivity index (χ0n) is 30.6. The maximum atomic E-state index is 12.7. The lowest BCUT2D eigenvalue weighted by Gasteiger charge is -2.24. The fraction of sp³-hybridized carbons (Fsp3) is 0.0800. The summed E-state index contributed by atoms with van der Waals surface area (Å²) in [5.41, 5.74) is 10.6. The van der Waals surface area contributed by atoms with Crippen molar-refractivity contribution in [3.05, 3.63) is 157 Å². The number of aromatic hydroxyl groups is 1. The average Bonchev–Trinajstić information content (AvgIpc) is 3.58. The molecule has 0 atom stereocenters. The Morgan fingerprint density at radius 1 is 0.564 bits per heavy atom. The predicted molar refractivity (Wildman–Crippen MR) is 226 cm³/mol. The number of phenols is 1. The Balaban J connectivity index is 1.22. The smallest absolute Gasteiger partial charge is 0.160 e. The normalized spacial score (nSPS) is 12.5. The first kappa shape index (κ1) is 31.5. The molecule has 1 N–H and O–H groups in total. The van der Waals surface area contributed by atoms with E-state index in [0.717, 1.165) is 99.7 Å². The maximum Gasteiger partial charge on any atom is 0.160 e. The number of hydrogen-bond donors (Lipinski definition) is 1. The molecule has 0 spiro atoms. The van der Waals surface area contributed by atoms with E-state index in [9.17, 15) is 5.11 Å². The lowest BCUT2D eigenvalue weighted by Crippen LogP contribution is -2.11. The van der Waals surface area contributed by atoms with Crippen molar-refractivity contribution in [2.75, 3.05) is 0 Å². The largest absolute Gasteiger partial charge is 0.506 e. The molecule has 4 heterocycles. The van der Waals surface area contributed by atoms with Crippen molar-refractivity contribution in [3.63, 3.8) is 0 Å². The van der Waals surface area contributed by atoms with E-state index in [-0.39, 0.29) is 11.2 Å². The van der Waals surface area contributed by atoms with Crippen LogP contribution in [-0.4, -0.2) is 19.6 Å². The van der Waals surface area contributed by atoms with Gasteiger partial charge in [0.2, 0.25) is 0 Å². The highest BCUT2D eigenvalue weighted by Gasteiger charge is 2.31. The number of rotatable bonds is 3. The second kappa shape index (κ2) is 11.5. The third kappa shape index (κ3) is 4.66. The van der Waals surface area contributed by atoms with Crippen molar-refractivity contribution in [1.29, 1.82) is 0 Å². The summed E-state index contributed by atoms with van der Waals surface area (Å²) in [5.74, 6) is 1.70. The highest BCUT2D eigenvalue weighted by molar-refractivity contribution is 6.34. The monoisotopic (exact) mass is 709 g/mol. The molecule has 0 aliphatic carbocycles. The minimum Gasteiger partial charge on any atom is -0.506 e. The van der Waals surface area contributed by atoms with Gasteiger partial charge in [0.05, 0.1) is 38.9 Å². The van der Waals surface area contributed by atoms with Gasteiger partial charge in [-0.05, 0) is 93.5 Å². The van der Waals surface area contributed by atoms with Gasteiger partial charge in [0.25, 0.3) is 0 Å². The molecular weight excluding hydrogens is 675 g/mol. The van der Waals surface area contributed by atoms with Gasteiger partial charge in [-0.15, -0.1) is 0 Å². The van der Waals surface area contributed by atoms with Gasteiger partial charge in [-0.25, -0.2) is 4.98 Å². The molecule has 1 aliphatic heterocycles. The van der Waals surface area contributed by atoms with E-state index in [1.165, 1.54) is 5.56 Å². The molecule has 10 aromatic rings. The second-order valence-corrected chi connectivity index (χ2v) is 15.6. The van der Waals surface area contributed by atoms with Crippen LogP contribution in [0.1, 0.15) is 26.3 Å². The third-order valence-corrected chi connectivity index (χ3v) is 11.2. The number of pyridine rings is 2. The van der Waals surface area contributed by atoms with E-state index in [4.69, 9.17) is 14.7 Å². The molecule has 0 saturated heterocycles. The first-order valence-electron chi connectivity index (χ1n) is 18.7. The van der Waals surface area contributed by atoms with Gasteiger partial charge in [-0.3, -0.25) is 4.98 Å². The summed E-state index contributed by atoms with van der Waals surface area (Å²) in [7, 11) is 0. The Hall–Kier alpha value is -6.98. The zero-order valence-corrected chi connectivity index (χ0v) is 30.6. The van der Waals surface area contributed by atoms with Gasteiger partial charge in [0, 0.05) is 33.5 Å². The summed E-state index contributed by atoms with van der Waals surface area (Å²) in [6.45, 7) is 6.71. The van der Waals surface area contributed by atoms with E-state index < -0.39 is 0 Å². The van der Waals surface area contributed by atoms with Crippen molar-refractivity contribution in [2.45, 2.75) is 26.2 Å². The minimum atomic E-state index is -0.129. The van der Waals surface area contributed by atoms with Crippen molar-refractivity contribution in [2.24, 2.45) is 0 Å². The minimum absolute atomic E-state index is 0.129. The molecule has 5 heteroatoms. The number of hydrogen-bond acceptors (Lipinski definition) is 4. The van der Waals surface area contributed by atoms with Crippen LogP contribution in [0.2, 0.25) is 0 Å². The molecule has 0 radical (unpaired) electrons. The fourth-order valence-electron chi connectivity index (χ4n) is 8.56. The first-order chi connectivity index (χ1) is 26.8. The molecule has 0 fully saturated rings. The maximum absolute atomic E-state index is 12.7. The Labute approximate surface area is 317 Å². The van der Waals surface area contributed by atoms with Gasteiger partial charge < -0.3 is 14.4 Å². The summed E-state index contributed by atoms with van der Waals surface area (Å²) in [4.78, 5) is 10.4. The number of aromatic nitrogens is 3. The predicted octanol–water partition coefficient (Wildman–Crippen LogP) is 13.1. The Morgan fingerprint density at radius 2 is 1.27 bits per heavy atom. The van der Waals surface area contributed by atoms with Gasteiger partial charge in [-0.2, -0.15) is 0 Å². The van der Waals surface area contributed by atoms with E-state index in [1.807, 2.05) is 42.6 Å². The molecule has 1 aliphatic rings. The molecule has 0 saturated carbocycles. The Bertz CT molecular complexity index is 3230. The molecule has 11 rings (SSSR count). The first-order valence-corrected chi connectivity index (χ1v) is 18.7. The van der Waals surface area contributed by atoms with Gasteiger partial charge in [0.15, 0.2) is 11.5 Å².